The quantitative estimate of drug-likeness (QED) is 0.702. The maximum atomic E-state index is 13.7. The summed E-state index contributed by atoms with van der Waals surface area (Å²) in [5.74, 6) is -1.34. The molecule has 2 aromatic rings. The first-order chi connectivity index (χ1) is 12.1. The number of rotatable bonds is 5. The number of methoxy groups -OCH3 is 1. The highest BCUT2D eigenvalue weighted by Gasteiger charge is 2.41. The molecule has 1 saturated heterocycles. The van der Waals surface area contributed by atoms with Crippen LogP contribution in [0.15, 0.2) is 30.6 Å². The van der Waals surface area contributed by atoms with Crippen molar-refractivity contribution in [2.24, 2.45) is 0 Å². The molecule has 0 bridgehead atoms. The number of hydrogen-bond acceptors (Lipinski definition) is 7. The molecule has 132 valence electrons. The number of tetrazole rings is 1. The number of carbonyl (C=O) groups excluding carboxylic acids is 2. The number of esters is 1. The SMILES string of the molecule is COC(=O)C1CC(Oc2ccccc2F)CN1C(=O)Cn1cnnn1. The van der Waals surface area contributed by atoms with Gasteiger partial charge in [-0.3, -0.25) is 4.79 Å². The second-order valence-electron chi connectivity index (χ2n) is 5.50. The summed E-state index contributed by atoms with van der Waals surface area (Å²) in [7, 11) is 1.25. The van der Waals surface area contributed by atoms with Crippen molar-refractivity contribution < 1.29 is 23.5 Å². The standard InChI is InChI=1S/C15H16FN5O4/c1-24-15(23)12-6-10(25-13-5-3-2-4-11(13)16)7-21(12)14(22)8-20-9-17-18-19-20/h2-5,9-10,12H,6-8H2,1H3. The Bertz CT molecular complexity index is 754. The predicted octanol–water partition coefficient (Wildman–Crippen LogP) is 0.0337. The van der Waals surface area contributed by atoms with Gasteiger partial charge in [0.2, 0.25) is 5.91 Å². The summed E-state index contributed by atoms with van der Waals surface area (Å²) in [4.78, 5) is 25.8. The Morgan fingerprint density at radius 1 is 1.36 bits per heavy atom. The van der Waals surface area contributed by atoms with Gasteiger partial charge in [-0.25, -0.2) is 13.9 Å². The molecule has 25 heavy (non-hydrogen) atoms. The molecule has 1 aliphatic rings. The smallest absolute Gasteiger partial charge is 0.328 e. The van der Waals surface area contributed by atoms with Gasteiger partial charge in [-0.2, -0.15) is 0 Å². The summed E-state index contributed by atoms with van der Waals surface area (Å²) in [5, 5.41) is 10.5. The van der Waals surface area contributed by atoms with Crippen molar-refractivity contribution in [3.05, 3.63) is 36.4 Å². The highest BCUT2D eigenvalue weighted by atomic mass is 19.1. The lowest BCUT2D eigenvalue weighted by Crippen LogP contribution is -2.43. The van der Waals surface area contributed by atoms with E-state index in [1.54, 1.807) is 12.1 Å². The van der Waals surface area contributed by atoms with Gasteiger partial charge in [0.15, 0.2) is 11.6 Å². The summed E-state index contributed by atoms with van der Waals surface area (Å²) in [6.07, 6.45) is 0.982. The summed E-state index contributed by atoms with van der Waals surface area (Å²) in [6.45, 7) is 0.0158. The number of likely N-dealkylation sites (tertiary alicyclic amines) is 1. The van der Waals surface area contributed by atoms with Gasteiger partial charge in [0, 0.05) is 6.42 Å². The third-order valence-corrected chi connectivity index (χ3v) is 3.88. The molecule has 0 aliphatic carbocycles. The van der Waals surface area contributed by atoms with E-state index in [4.69, 9.17) is 9.47 Å². The van der Waals surface area contributed by atoms with Gasteiger partial charge in [-0.15, -0.1) is 5.10 Å². The molecule has 0 N–H and O–H groups in total. The highest BCUT2D eigenvalue weighted by molar-refractivity contribution is 5.85. The molecule has 10 heteroatoms. The Hall–Kier alpha value is -3.04. The molecule has 0 saturated carbocycles. The van der Waals surface area contributed by atoms with Crippen LogP contribution in [0.1, 0.15) is 6.42 Å². The fourth-order valence-corrected chi connectivity index (χ4v) is 2.72. The minimum atomic E-state index is -0.800. The first-order valence-corrected chi connectivity index (χ1v) is 7.57. The van der Waals surface area contributed by atoms with Crippen LogP contribution in [0.5, 0.6) is 5.75 Å². The van der Waals surface area contributed by atoms with Crippen LogP contribution in [0.3, 0.4) is 0 Å². The van der Waals surface area contributed by atoms with Crippen LogP contribution >= 0.6 is 0 Å². The zero-order chi connectivity index (χ0) is 17.8. The molecule has 0 spiro atoms. The summed E-state index contributed by atoms with van der Waals surface area (Å²) >= 11 is 0. The number of amides is 1. The van der Waals surface area contributed by atoms with Crippen LogP contribution in [-0.4, -0.2) is 62.8 Å². The first-order valence-electron chi connectivity index (χ1n) is 7.57. The van der Waals surface area contributed by atoms with E-state index in [0.29, 0.717) is 0 Å². The highest BCUT2D eigenvalue weighted by Crippen LogP contribution is 2.25. The van der Waals surface area contributed by atoms with Gasteiger partial charge >= 0.3 is 5.97 Å². The second kappa shape index (κ2) is 7.24. The minimum absolute atomic E-state index is 0.0749. The molecule has 2 atom stereocenters. The first kappa shape index (κ1) is 16.8. The number of benzene rings is 1. The zero-order valence-electron chi connectivity index (χ0n) is 13.4. The third-order valence-electron chi connectivity index (χ3n) is 3.88. The number of aromatic nitrogens is 4. The molecule has 2 heterocycles. The van der Waals surface area contributed by atoms with E-state index < -0.39 is 23.9 Å². The number of hydrogen-bond donors (Lipinski definition) is 0. The van der Waals surface area contributed by atoms with Crippen LogP contribution in [0.25, 0.3) is 0 Å². The topological polar surface area (TPSA) is 99.4 Å². The van der Waals surface area contributed by atoms with E-state index in [-0.39, 0.29) is 31.2 Å². The van der Waals surface area contributed by atoms with Crippen LogP contribution < -0.4 is 4.74 Å². The molecule has 1 aromatic carbocycles. The molecule has 9 nitrogen and oxygen atoms in total. The fourth-order valence-electron chi connectivity index (χ4n) is 2.72. The molecule has 2 unspecified atom stereocenters. The van der Waals surface area contributed by atoms with Crippen molar-refractivity contribution in [1.29, 1.82) is 0 Å². The number of halogens is 1. The van der Waals surface area contributed by atoms with E-state index >= 15 is 0 Å². The van der Waals surface area contributed by atoms with Crippen molar-refractivity contribution in [1.82, 2.24) is 25.1 Å². The molecular weight excluding hydrogens is 333 g/mol. The van der Waals surface area contributed by atoms with E-state index in [9.17, 15) is 14.0 Å². The Balaban J connectivity index is 1.73. The Kier molecular flexibility index (Phi) is 4.87. The molecule has 1 fully saturated rings. The van der Waals surface area contributed by atoms with E-state index in [1.807, 2.05) is 0 Å². The molecule has 1 aromatic heterocycles. The van der Waals surface area contributed by atoms with Crippen LogP contribution in [-0.2, 0) is 20.9 Å². The molecule has 3 rings (SSSR count). The lowest BCUT2D eigenvalue weighted by Gasteiger charge is -2.22. The van der Waals surface area contributed by atoms with Crippen molar-refractivity contribution in [3.63, 3.8) is 0 Å². The monoisotopic (exact) mass is 349 g/mol. The van der Waals surface area contributed by atoms with Crippen molar-refractivity contribution in [3.8, 4) is 5.75 Å². The third kappa shape index (κ3) is 3.73. The van der Waals surface area contributed by atoms with Crippen LogP contribution in [0.2, 0.25) is 0 Å². The normalized spacial score (nSPS) is 19.7. The van der Waals surface area contributed by atoms with Crippen molar-refractivity contribution >= 4 is 11.9 Å². The predicted molar refractivity (Wildman–Crippen MR) is 80.8 cm³/mol. The van der Waals surface area contributed by atoms with Crippen molar-refractivity contribution in [2.45, 2.75) is 25.1 Å². The molecule has 0 radical (unpaired) electrons. The van der Waals surface area contributed by atoms with E-state index in [0.717, 1.165) is 0 Å². The maximum Gasteiger partial charge on any atom is 0.328 e. The van der Waals surface area contributed by atoms with Gasteiger partial charge in [0.25, 0.3) is 0 Å². The lowest BCUT2D eigenvalue weighted by molar-refractivity contribution is -0.151. The van der Waals surface area contributed by atoms with Gasteiger partial charge in [0.1, 0.15) is 25.0 Å². The summed E-state index contributed by atoms with van der Waals surface area (Å²) in [5.41, 5.74) is 0. The number of nitrogens with zero attached hydrogens (tertiary/aromatic N) is 5. The number of carbonyl (C=O) groups is 2. The second-order valence-corrected chi connectivity index (χ2v) is 5.50. The van der Waals surface area contributed by atoms with E-state index in [2.05, 4.69) is 15.5 Å². The minimum Gasteiger partial charge on any atom is -0.485 e. The number of para-hydroxylation sites is 1. The van der Waals surface area contributed by atoms with Gasteiger partial charge in [0.05, 0.1) is 13.7 Å². The Morgan fingerprint density at radius 2 is 2.16 bits per heavy atom. The Morgan fingerprint density at radius 3 is 2.84 bits per heavy atom. The maximum absolute atomic E-state index is 13.7. The van der Waals surface area contributed by atoms with Gasteiger partial charge in [-0.1, -0.05) is 12.1 Å². The van der Waals surface area contributed by atoms with Gasteiger partial charge in [-0.05, 0) is 22.6 Å². The Labute approximate surface area is 142 Å². The molecule has 1 amide bonds. The average Bonchev–Trinajstić information content (AvgIpc) is 3.26. The summed E-state index contributed by atoms with van der Waals surface area (Å²) < 4.78 is 25.4. The van der Waals surface area contributed by atoms with Gasteiger partial charge < -0.3 is 14.4 Å². The van der Waals surface area contributed by atoms with Crippen LogP contribution in [0.4, 0.5) is 4.39 Å². The summed E-state index contributed by atoms with van der Waals surface area (Å²) in [6, 6.07) is 5.17. The molecular formula is C15H16FN5O4. The average molecular weight is 349 g/mol. The van der Waals surface area contributed by atoms with Crippen molar-refractivity contribution in [2.75, 3.05) is 13.7 Å². The fraction of sp³-hybridized carbons (Fsp3) is 0.400. The molecule has 1 aliphatic heterocycles. The zero-order valence-corrected chi connectivity index (χ0v) is 13.4. The van der Waals surface area contributed by atoms with Crippen LogP contribution in [0, 0.1) is 5.82 Å². The number of ether oxygens (including phenoxy) is 2. The van der Waals surface area contributed by atoms with E-state index in [1.165, 1.54) is 35.2 Å². The lowest BCUT2D eigenvalue weighted by atomic mass is 10.2. The largest absolute Gasteiger partial charge is 0.485 e.